The molecule has 1 heterocycles. The highest BCUT2D eigenvalue weighted by Gasteiger charge is 2.18. The summed E-state index contributed by atoms with van der Waals surface area (Å²) in [6.45, 7) is 4.58. The summed E-state index contributed by atoms with van der Waals surface area (Å²) in [5, 5.41) is 2.55. The summed E-state index contributed by atoms with van der Waals surface area (Å²) in [7, 11) is 0. The molecule has 0 amide bonds. The van der Waals surface area contributed by atoms with Crippen LogP contribution in [0.5, 0.6) is 5.75 Å². The average Bonchev–Trinajstić information content (AvgIpc) is 2.72. The molecule has 0 saturated heterocycles. The largest absolute Gasteiger partial charge is 0.493 e. The zero-order valence-corrected chi connectivity index (χ0v) is 14.5. The second-order valence-electron chi connectivity index (χ2n) is 4.08. The van der Waals surface area contributed by atoms with Crippen molar-refractivity contribution in [1.82, 2.24) is 0 Å². The second-order valence-corrected chi connectivity index (χ2v) is 6.66. The van der Waals surface area contributed by atoms with Crippen LogP contribution in [0, 0.1) is 6.92 Å². The van der Waals surface area contributed by atoms with E-state index in [1.807, 2.05) is 37.4 Å². The Balaban J connectivity index is 2.32. The van der Waals surface area contributed by atoms with E-state index in [2.05, 4.69) is 15.9 Å². The van der Waals surface area contributed by atoms with Crippen LogP contribution in [0.3, 0.4) is 0 Å². The van der Waals surface area contributed by atoms with Gasteiger partial charge in [-0.25, -0.2) is 0 Å². The smallest absolute Gasteiger partial charge is 0.133 e. The fourth-order valence-electron chi connectivity index (χ4n) is 1.72. The van der Waals surface area contributed by atoms with Gasteiger partial charge in [-0.3, -0.25) is 0 Å². The first-order chi connectivity index (χ1) is 9.04. The quantitative estimate of drug-likeness (QED) is 0.574. The fourth-order valence-corrected chi connectivity index (χ4v) is 3.99. The van der Waals surface area contributed by atoms with E-state index in [9.17, 15) is 0 Å². The van der Waals surface area contributed by atoms with E-state index in [0.29, 0.717) is 6.61 Å². The highest BCUT2D eigenvalue weighted by atomic mass is 79.9. The predicted molar refractivity (Wildman–Crippen MR) is 87.1 cm³/mol. The predicted octanol–water partition coefficient (Wildman–Crippen LogP) is 6.20. The second kappa shape index (κ2) is 6.49. The standard InChI is InChI=1S/C14H13BrCl2OS/c1-3-18-11-5-4-9(6-10(11)15)13(17)14-12(16)8(2)7-19-14/h4-7,13H,3H2,1-2H3. The third kappa shape index (κ3) is 3.27. The molecular formula is C14H13BrCl2OS. The van der Waals surface area contributed by atoms with Crippen LogP contribution in [0.1, 0.15) is 28.3 Å². The van der Waals surface area contributed by atoms with Crippen LogP contribution in [-0.2, 0) is 0 Å². The van der Waals surface area contributed by atoms with Gasteiger partial charge in [-0.05, 0) is 58.4 Å². The first-order valence-corrected chi connectivity index (χ1v) is 8.33. The van der Waals surface area contributed by atoms with Crippen molar-refractivity contribution in [2.75, 3.05) is 6.61 Å². The van der Waals surface area contributed by atoms with E-state index in [1.165, 1.54) is 0 Å². The van der Waals surface area contributed by atoms with E-state index in [4.69, 9.17) is 27.9 Å². The maximum absolute atomic E-state index is 6.52. The molecule has 0 bridgehead atoms. The summed E-state index contributed by atoms with van der Waals surface area (Å²) in [5.41, 5.74) is 2.07. The molecule has 0 aliphatic heterocycles. The van der Waals surface area contributed by atoms with Crippen LogP contribution in [0.2, 0.25) is 5.02 Å². The number of halogens is 3. The van der Waals surface area contributed by atoms with Gasteiger partial charge in [0.25, 0.3) is 0 Å². The molecule has 0 radical (unpaired) electrons. The van der Waals surface area contributed by atoms with Crippen molar-refractivity contribution in [1.29, 1.82) is 0 Å². The summed E-state index contributed by atoms with van der Waals surface area (Å²) >= 11 is 17.9. The third-order valence-corrected chi connectivity index (χ3v) is 5.70. The molecule has 1 atom stereocenters. The number of hydrogen-bond acceptors (Lipinski definition) is 2. The van der Waals surface area contributed by atoms with Gasteiger partial charge in [0.15, 0.2) is 0 Å². The summed E-state index contributed by atoms with van der Waals surface area (Å²) in [5.74, 6) is 0.823. The van der Waals surface area contributed by atoms with Gasteiger partial charge in [0, 0.05) is 4.88 Å². The molecule has 1 aromatic heterocycles. The molecule has 5 heteroatoms. The van der Waals surface area contributed by atoms with Gasteiger partial charge in [-0.2, -0.15) is 0 Å². The zero-order chi connectivity index (χ0) is 14.0. The Bertz CT molecular complexity index is 583. The lowest BCUT2D eigenvalue weighted by Crippen LogP contribution is -1.95. The number of rotatable bonds is 4. The van der Waals surface area contributed by atoms with E-state index in [-0.39, 0.29) is 5.38 Å². The minimum Gasteiger partial charge on any atom is -0.493 e. The lowest BCUT2D eigenvalue weighted by atomic mass is 10.1. The highest BCUT2D eigenvalue weighted by Crippen LogP contribution is 2.41. The number of ether oxygens (including phenoxy) is 1. The van der Waals surface area contributed by atoms with E-state index in [0.717, 1.165) is 31.2 Å². The average molecular weight is 380 g/mol. The normalized spacial score (nSPS) is 12.5. The maximum Gasteiger partial charge on any atom is 0.133 e. The number of alkyl halides is 1. The molecule has 0 spiro atoms. The number of aryl methyl sites for hydroxylation is 1. The van der Waals surface area contributed by atoms with Gasteiger partial charge < -0.3 is 4.74 Å². The summed E-state index contributed by atoms with van der Waals surface area (Å²) in [4.78, 5) is 0.983. The van der Waals surface area contributed by atoms with Crippen LogP contribution in [0.25, 0.3) is 0 Å². The SMILES string of the molecule is CCOc1ccc(C(Cl)c2scc(C)c2Cl)cc1Br. The Hall–Kier alpha value is -0.220. The van der Waals surface area contributed by atoms with Gasteiger partial charge in [-0.15, -0.1) is 22.9 Å². The molecular weight excluding hydrogens is 367 g/mol. The Morgan fingerprint density at radius 2 is 2.16 bits per heavy atom. The van der Waals surface area contributed by atoms with Crippen LogP contribution < -0.4 is 4.74 Å². The van der Waals surface area contributed by atoms with Crippen molar-refractivity contribution in [3.05, 3.63) is 49.1 Å². The highest BCUT2D eigenvalue weighted by molar-refractivity contribution is 9.10. The summed E-state index contributed by atoms with van der Waals surface area (Å²) in [6.07, 6.45) is 0. The molecule has 102 valence electrons. The van der Waals surface area contributed by atoms with E-state index < -0.39 is 0 Å². The van der Waals surface area contributed by atoms with Crippen molar-refractivity contribution in [2.24, 2.45) is 0 Å². The monoisotopic (exact) mass is 378 g/mol. The van der Waals surface area contributed by atoms with Crippen molar-refractivity contribution < 1.29 is 4.74 Å². The molecule has 0 N–H and O–H groups in total. The van der Waals surface area contributed by atoms with Gasteiger partial charge >= 0.3 is 0 Å². The van der Waals surface area contributed by atoms with Crippen LogP contribution >= 0.6 is 50.5 Å². The molecule has 1 nitrogen and oxygen atoms in total. The molecule has 2 aromatic rings. The van der Waals surface area contributed by atoms with Crippen molar-refractivity contribution >= 4 is 50.5 Å². The lowest BCUT2D eigenvalue weighted by molar-refractivity contribution is 0.338. The zero-order valence-electron chi connectivity index (χ0n) is 10.5. The molecule has 2 rings (SSSR count). The van der Waals surface area contributed by atoms with Crippen molar-refractivity contribution in [3.8, 4) is 5.75 Å². The minimum absolute atomic E-state index is 0.238. The van der Waals surface area contributed by atoms with Gasteiger partial charge in [0.1, 0.15) is 5.75 Å². The maximum atomic E-state index is 6.52. The Morgan fingerprint density at radius 1 is 1.42 bits per heavy atom. The molecule has 0 aliphatic rings. The molecule has 1 aromatic carbocycles. The lowest BCUT2D eigenvalue weighted by Gasteiger charge is -2.12. The Labute approximate surface area is 135 Å². The number of benzene rings is 1. The first kappa shape index (κ1) is 15.2. The Kier molecular flexibility index (Phi) is 5.18. The summed E-state index contributed by atoms with van der Waals surface area (Å²) in [6, 6.07) is 5.87. The molecule has 0 aliphatic carbocycles. The summed E-state index contributed by atoms with van der Waals surface area (Å²) < 4.78 is 6.40. The van der Waals surface area contributed by atoms with Gasteiger partial charge in [0.2, 0.25) is 0 Å². The van der Waals surface area contributed by atoms with E-state index >= 15 is 0 Å². The first-order valence-electron chi connectivity index (χ1n) is 5.84. The van der Waals surface area contributed by atoms with Crippen LogP contribution in [-0.4, -0.2) is 6.61 Å². The minimum atomic E-state index is -0.238. The number of thiophene rings is 1. The number of hydrogen-bond donors (Lipinski definition) is 0. The van der Waals surface area contributed by atoms with Gasteiger partial charge in [-0.1, -0.05) is 17.7 Å². The van der Waals surface area contributed by atoms with Crippen LogP contribution in [0.4, 0.5) is 0 Å². The Morgan fingerprint density at radius 3 is 2.68 bits per heavy atom. The third-order valence-electron chi connectivity index (χ3n) is 2.70. The van der Waals surface area contributed by atoms with Crippen molar-refractivity contribution in [3.63, 3.8) is 0 Å². The van der Waals surface area contributed by atoms with Crippen LogP contribution in [0.15, 0.2) is 28.1 Å². The topological polar surface area (TPSA) is 9.23 Å². The fraction of sp³-hybridized carbons (Fsp3) is 0.286. The van der Waals surface area contributed by atoms with Gasteiger partial charge in [0.05, 0.1) is 21.5 Å². The van der Waals surface area contributed by atoms with Crippen molar-refractivity contribution in [2.45, 2.75) is 19.2 Å². The molecule has 0 fully saturated rings. The van der Waals surface area contributed by atoms with E-state index in [1.54, 1.807) is 11.3 Å². The molecule has 0 saturated carbocycles. The molecule has 19 heavy (non-hydrogen) atoms. The molecule has 1 unspecified atom stereocenters.